The van der Waals surface area contributed by atoms with Crippen molar-refractivity contribution in [2.24, 2.45) is 0 Å². The van der Waals surface area contributed by atoms with E-state index in [1.165, 1.54) is 134 Å². The van der Waals surface area contributed by atoms with Gasteiger partial charge >= 0.3 is 360 Å². The Morgan fingerprint density at radius 1 is 0.258 bits per heavy atom. The Morgan fingerprint density at radius 3 is 1.35 bits per heavy atom. The van der Waals surface area contributed by atoms with Crippen molar-refractivity contribution in [2.45, 2.75) is 0 Å². The van der Waals surface area contributed by atoms with Gasteiger partial charge in [0.05, 0.1) is 0 Å². The van der Waals surface area contributed by atoms with Gasteiger partial charge in [-0.2, -0.15) is 0 Å². The summed E-state index contributed by atoms with van der Waals surface area (Å²) < 4.78 is 5.43. The van der Waals surface area contributed by atoms with Gasteiger partial charge in [-0.25, -0.2) is 0 Å². The van der Waals surface area contributed by atoms with Gasteiger partial charge in [0.15, 0.2) is 0 Å². The first kappa shape index (κ1) is 37.4. The summed E-state index contributed by atoms with van der Waals surface area (Å²) in [6, 6.07) is 88.1. The van der Waals surface area contributed by atoms with E-state index in [0.29, 0.717) is 0 Å². The summed E-state index contributed by atoms with van der Waals surface area (Å²) in [6.07, 6.45) is 0. The van der Waals surface area contributed by atoms with Crippen LogP contribution in [0.3, 0.4) is 0 Å². The van der Waals surface area contributed by atoms with Gasteiger partial charge in [-0.15, -0.1) is 0 Å². The van der Waals surface area contributed by atoms with Gasteiger partial charge in [0.2, 0.25) is 0 Å². The fraction of sp³-hybridized carbons (Fsp3) is 0. The molecular formula is C64H39NSe. The number of rotatable bonds is 5. The first-order valence-corrected chi connectivity index (χ1v) is 24.5. The zero-order valence-electron chi connectivity index (χ0n) is 35.9. The smallest absolute Gasteiger partial charge is 0.0544 e. The molecule has 0 aliphatic carbocycles. The zero-order chi connectivity index (χ0) is 43.3. The molecule has 0 N–H and O–H groups in total. The molecule has 14 rings (SSSR count). The van der Waals surface area contributed by atoms with E-state index in [9.17, 15) is 0 Å². The monoisotopic (exact) mass is 901 g/mol. The van der Waals surface area contributed by atoms with Crippen LogP contribution >= 0.6 is 0 Å². The molecule has 0 aliphatic rings. The Bertz CT molecular complexity index is 4160. The predicted octanol–water partition coefficient (Wildman–Crippen LogP) is 17.4. The van der Waals surface area contributed by atoms with E-state index in [4.69, 9.17) is 0 Å². The quantitative estimate of drug-likeness (QED) is 0.120. The molecule has 0 bridgehead atoms. The third-order valence-corrected chi connectivity index (χ3v) is 16.5. The van der Waals surface area contributed by atoms with Crippen molar-refractivity contribution in [3.63, 3.8) is 0 Å². The van der Waals surface area contributed by atoms with E-state index in [1.54, 1.807) is 0 Å². The minimum Gasteiger partial charge on any atom is -0.0617 e. The van der Waals surface area contributed by atoms with Crippen molar-refractivity contribution in [1.82, 2.24) is 4.57 Å². The number of nitrogens with zero attached hydrogens (tertiary/aromatic N) is 1. The minimum atomic E-state index is 0.0804. The second-order valence-electron chi connectivity index (χ2n) is 17.5. The molecule has 14 aromatic rings. The summed E-state index contributed by atoms with van der Waals surface area (Å²) in [7, 11) is 0. The Balaban J connectivity index is 1.00. The predicted molar refractivity (Wildman–Crippen MR) is 285 cm³/mol. The van der Waals surface area contributed by atoms with Crippen molar-refractivity contribution in [3.05, 3.63) is 237 Å². The van der Waals surface area contributed by atoms with Crippen molar-refractivity contribution in [3.8, 4) is 50.2 Å². The third kappa shape index (κ3) is 5.53. The van der Waals surface area contributed by atoms with Gasteiger partial charge in [-0.1, -0.05) is 30.3 Å². The van der Waals surface area contributed by atoms with Crippen LogP contribution in [-0.4, -0.2) is 19.1 Å². The summed E-state index contributed by atoms with van der Waals surface area (Å²) in [6.45, 7) is 0. The van der Waals surface area contributed by atoms with E-state index >= 15 is 0 Å². The molecule has 0 radical (unpaired) electrons. The fourth-order valence-electron chi connectivity index (χ4n) is 11.2. The molecular weight excluding hydrogens is 862 g/mol. The number of hydrogen-bond acceptors (Lipinski definition) is 0. The van der Waals surface area contributed by atoms with Crippen LogP contribution in [0.1, 0.15) is 0 Å². The fourth-order valence-corrected chi connectivity index (χ4v) is 13.8. The number of aromatic nitrogens is 1. The molecule has 306 valence electrons. The number of fused-ring (bicyclic) bond motifs is 10. The Morgan fingerprint density at radius 2 is 0.727 bits per heavy atom. The van der Waals surface area contributed by atoms with Crippen LogP contribution in [0.25, 0.3) is 134 Å². The maximum absolute atomic E-state index is 2.53. The zero-order valence-corrected chi connectivity index (χ0v) is 37.6. The molecule has 0 fully saturated rings. The molecule has 0 aliphatic heterocycles. The van der Waals surface area contributed by atoms with Crippen molar-refractivity contribution in [1.29, 1.82) is 0 Å². The van der Waals surface area contributed by atoms with Gasteiger partial charge in [0.25, 0.3) is 0 Å². The molecule has 1 nitrogen and oxygen atoms in total. The number of hydrogen-bond donors (Lipinski definition) is 0. The van der Waals surface area contributed by atoms with E-state index in [-0.39, 0.29) is 14.5 Å². The van der Waals surface area contributed by atoms with Crippen LogP contribution in [0.15, 0.2) is 237 Å². The topological polar surface area (TPSA) is 4.93 Å². The van der Waals surface area contributed by atoms with Crippen LogP contribution in [0, 0.1) is 0 Å². The van der Waals surface area contributed by atoms with Gasteiger partial charge in [0, 0.05) is 0 Å². The Hall–Kier alpha value is -8.00. The summed E-state index contributed by atoms with van der Waals surface area (Å²) in [5.74, 6) is 0. The first-order chi connectivity index (χ1) is 32.8. The van der Waals surface area contributed by atoms with Crippen molar-refractivity contribution >= 4 is 98.7 Å². The summed E-state index contributed by atoms with van der Waals surface area (Å²) in [5.41, 5.74) is 13.9. The Labute approximate surface area is 387 Å². The maximum atomic E-state index is 2.53. The molecule has 0 saturated carbocycles. The largest absolute Gasteiger partial charge is 0.0617 e. The molecule has 12 aromatic carbocycles. The standard InChI is InChI=1S/C64H39NSe/c1-3-18-40(19-4-1)42-35-37-58-56(38-42)44-22-15-16-33-57(44)65(58)63-52-29-13-11-27-50(52)62(51-28-12-14-30-53(51)63)55-32-17-31-54-45-36-34-43(39-59(45)66-64(54)55)61-48-25-9-7-23-46(48)60(41-20-5-2-6-21-41)47-24-8-10-26-49(47)61/h1-39H. The van der Waals surface area contributed by atoms with Gasteiger partial charge in [-0.05, 0) is 0 Å². The average molecular weight is 901 g/mol. The first-order valence-electron chi connectivity index (χ1n) is 22.8. The van der Waals surface area contributed by atoms with Gasteiger partial charge < -0.3 is 0 Å². The molecule has 2 heterocycles. The van der Waals surface area contributed by atoms with E-state index in [1.807, 2.05) is 0 Å². The average Bonchev–Trinajstić information content (AvgIpc) is 3.93. The summed E-state index contributed by atoms with van der Waals surface area (Å²) in [5, 5.41) is 15.4. The number of para-hydroxylation sites is 1. The molecule has 0 saturated heterocycles. The SMILES string of the molecule is c1ccc(-c2ccc3c(c2)c2ccccc2n3-c2c3ccccc3c(-c3cccc4c3[se]c3cc(-c5c6ccccc6c(-c6ccccc6)c6ccccc56)ccc34)c3ccccc23)cc1. The molecule has 0 spiro atoms. The van der Waals surface area contributed by atoms with Crippen LogP contribution in [-0.2, 0) is 0 Å². The second kappa shape index (κ2) is 14.8. The minimum absolute atomic E-state index is 0.0804. The molecule has 0 amide bonds. The number of benzene rings is 12. The summed E-state index contributed by atoms with van der Waals surface area (Å²) in [4.78, 5) is 0. The van der Waals surface area contributed by atoms with Crippen molar-refractivity contribution in [2.75, 3.05) is 0 Å². The maximum Gasteiger partial charge on any atom is -0.0544 e. The van der Waals surface area contributed by atoms with E-state index in [2.05, 4.69) is 241 Å². The van der Waals surface area contributed by atoms with Crippen LogP contribution in [0.5, 0.6) is 0 Å². The van der Waals surface area contributed by atoms with Crippen LogP contribution in [0.4, 0.5) is 0 Å². The van der Waals surface area contributed by atoms with Crippen LogP contribution in [0.2, 0.25) is 0 Å². The van der Waals surface area contributed by atoms with E-state index < -0.39 is 0 Å². The molecule has 2 heteroatoms. The molecule has 0 atom stereocenters. The van der Waals surface area contributed by atoms with Gasteiger partial charge in [-0.3, -0.25) is 0 Å². The van der Waals surface area contributed by atoms with Gasteiger partial charge in [0.1, 0.15) is 0 Å². The molecule has 66 heavy (non-hydrogen) atoms. The summed E-state index contributed by atoms with van der Waals surface area (Å²) >= 11 is 0.0804. The van der Waals surface area contributed by atoms with Crippen LogP contribution < -0.4 is 0 Å². The normalized spacial score (nSPS) is 11.9. The van der Waals surface area contributed by atoms with Crippen molar-refractivity contribution < 1.29 is 0 Å². The second-order valence-corrected chi connectivity index (χ2v) is 19.7. The third-order valence-electron chi connectivity index (χ3n) is 14.0. The molecule has 2 aromatic heterocycles. The Kier molecular flexibility index (Phi) is 8.37. The molecule has 0 unspecified atom stereocenters. The van der Waals surface area contributed by atoms with E-state index in [0.717, 1.165) is 0 Å².